The molecule has 8 heteroatoms. The number of carbonyl (C=O) groups excluding carboxylic acids is 1. The molecule has 2 aromatic rings. The van der Waals surface area contributed by atoms with E-state index in [1.165, 1.54) is 23.8 Å². The van der Waals surface area contributed by atoms with Gasteiger partial charge in [-0.3, -0.25) is 18.7 Å². The molecule has 0 unspecified atom stereocenters. The lowest BCUT2D eigenvalue weighted by atomic mass is 10.2. The zero-order chi connectivity index (χ0) is 20.1. The summed E-state index contributed by atoms with van der Waals surface area (Å²) in [5, 5.41) is 0. The molecule has 0 saturated carbocycles. The van der Waals surface area contributed by atoms with E-state index in [0.717, 1.165) is 0 Å². The van der Waals surface area contributed by atoms with Crippen LogP contribution in [0.2, 0.25) is 0 Å². The normalized spacial score (nSPS) is 10.9. The Morgan fingerprint density at radius 1 is 1.19 bits per heavy atom. The largest absolute Gasteiger partial charge is 0.495 e. The van der Waals surface area contributed by atoms with Gasteiger partial charge < -0.3 is 14.4 Å². The van der Waals surface area contributed by atoms with Gasteiger partial charge in [0.2, 0.25) is 5.88 Å². The minimum absolute atomic E-state index is 0.250. The number of hydrogen-bond donors (Lipinski definition) is 0. The number of aromatic nitrogens is 2. The third-order valence-electron chi connectivity index (χ3n) is 4.19. The number of amides is 1. The Hall–Kier alpha value is -2.87. The summed E-state index contributed by atoms with van der Waals surface area (Å²) in [5.74, 6) is 0.611. The summed E-state index contributed by atoms with van der Waals surface area (Å²) in [6.07, 6.45) is 2.80. The number of likely N-dealkylation sites (N-methyl/N-ethyl adjacent to an activating group) is 1. The summed E-state index contributed by atoms with van der Waals surface area (Å²) in [4.78, 5) is 26.9. The first-order valence-electron chi connectivity index (χ1n) is 8.33. The topological polar surface area (TPSA) is 65.7 Å². The van der Waals surface area contributed by atoms with E-state index in [1.807, 2.05) is 19.1 Å². The highest BCUT2D eigenvalue weighted by atomic mass is 32.1. The van der Waals surface area contributed by atoms with Gasteiger partial charge in [-0.2, -0.15) is 0 Å². The number of para-hydroxylation sites is 2. The maximum absolute atomic E-state index is 12.8. The molecule has 0 saturated heterocycles. The molecule has 0 fully saturated rings. The molecule has 1 aromatic heterocycles. The summed E-state index contributed by atoms with van der Waals surface area (Å²) in [7, 11) is 6.29. The number of benzene rings is 1. The van der Waals surface area contributed by atoms with Crippen LogP contribution in [0.4, 0.5) is 5.69 Å². The van der Waals surface area contributed by atoms with Gasteiger partial charge in [0.05, 0.1) is 19.9 Å². The van der Waals surface area contributed by atoms with Gasteiger partial charge in [-0.15, -0.1) is 0 Å². The van der Waals surface area contributed by atoms with Crippen molar-refractivity contribution in [3.05, 3.63) is 51.0 Å². The first-order valence-corrected chi connectivity index (χ1v) is 8.74. The van der Waals surface area contributed by atoms with Crippen molar-refractivity contribution < 1.29 is 14.3 Å². The van der Waals surface area contributed by atoms with Gasteiger partial charge in [0.1, 0.15) is 11.3 Å². The Morgan fingerprint density at radius 2 is 1.85 bits per heavy atom. The predicted octanol–water partition coefficient (Wildman–Crippen LogP) is 2.54. The first kappa shape index (κ1) is 20.4. The van der Waals surface area contributed by atoms with Crippen molar-refractivity contribution in [2.75, 3.05) is 25.7 Å². The van der Waals surface area contributed by atoms with Crippen LogP contribution in [0.5, 0.6) is 11.6 Å². The lowest BCUT2D eigenvalue weighted by Gasteiger charge is -2.21. The molecule has 7 nitrogen and oxygen atoms in total. The molecule has 144 valence electrons. The van der Waals surface area contributed by atoms with Crippen LogP contribution in [-0.2, 0) is 18.9 Å². The van der Waals surface area contributed by atoms with Crippen LogP contribution in [0.1, 0.15) is 12.5 Å². The van der Waals surface area contributed by atoms with E-state index in [-0.39, 0.29) is 17.0 Å². The van der Waals surface area contributed by atoms with E-state index in [0.29, 0.717) is 28.6 Å². The Balaban J connectivity index is 2.47. The summed E-state index contributed by atoms with van der Waals surface area (Å²) in [6.45, 7) is 2.31. The lowest BCUT2D eigenvalue weighted by molar-refractivity contribution is -0.114. The standard InChI is InChI=1S/C19H23N3O4S/c1-6-22(14-9-7-8-10-15(14)25-4)16(23)12-11-13-17(24)20(2)19(27)21(3)18(13)26-5/h7-12H,6H2,1-5H3/b12-11+. The number of anilines is 1. The third kappa shape index (κ3) is 3.95. The van der Waals surface area contributed by atoms with Crippen LogP contribution >= 0.6 is 12.2 Å². The third-order valence-corrected chi connectivity index (χ3v) is 4.74. The summed E-state index contributed by atoms with van der Waals surface area (Å²) in [5.41, 5.74) is 0.573. The molecule has 1 amide bonds. The molecule has 1 heterocycles. The van der Waals surface area contributed by atoms with E-state index in [4.69, 9.17) is 21.7 Å². The molecule has 0 bridgehead atoms. The minimum atomic E-state index is -0.334. The van der Waals surface area contributed by atoms with Crippen molar-refractivity contribution >= 4 is 29.9 Å². The highest BCUT2D eigenvalue weighted by Gasteiger charge is 2.17. The van der Waals surface area contributed by atoms with Crippen molar-refractivity contribution in [1.82, 2.24) is 9.13 Å². The van der Waals surface area contributed by atoms with Gasteiger partial charge in [-0.1, -0.05) is 12.1 Å². The smallest absolute Gasteiger partial charge is 0.265 e. The zero-order valence-electron chi connectivity index (χ0n) is 16.1. The van der Waals surface area contributed by atoms with Gasteiger partial charge in [0.15, 0.2) is 4.77 Å². The predicted molar refractivity (Wildman–Crippen MR) is 108 cm³/mol. The van der Waals surface area contributed by atoms with Gasteiger partial charge in [0, 0.05) is 26.7 Å². The SMILES string of the molecule is CCN(C(=O)/C=C/c1c(OC)n(C)c(=S)n(C)c1=O)c1ccccc1OC. The van der Waals surface area contributed by atoms with Gasteiger partial charge in [0.25, 0.3) is 11.5 Å². The molecule has 0 aliphatic carbocycles. The average molecular weight is 389 g/mol. The van der Waals surface area contributed by atoms with Crippen LogP contribution < -0.4 is 19.9 Å². The number of rotatable bonds is 6. The monoisotopic (exact) mass is 389 g/mol. The minimum Gasteiger partial charge on any atom is -0.495 e. The van der Waals surface area contributed by atoms with E-state index < -0.39 is 0 Å². The second kappa shape index (κ2) is 8.68. The van der Waals surface area contributed by atoms with Crippen LogP contribution in [0, 0.1) is 4.77 Å². The molecule has 0 atom stereocenters. The van der Waals surface area contributed by atoms with Crippen molar-refractivity contribution in [3.63, 3.8) is 0 Å². The molecule has 0 N–H and O–H groups in total. The first-order chi connectivity index (χ1) is 12.9. The lowest BCUT2D eigenvalue weighted by Crippen LogP contribution is -2.29. The summed E-state index contributed by atoms with van der Waals surface area (Å²) < 4.78 is 13.9. The molecule has 0 aliphatic rings. The zero-order valence-corrected chi connectivity index (χ0v) is 16.9. The molecular weight excluding hydrogens is 366 g/mol. The summed E-state index contributed by atoms with van der Waals surface area (Å²) >= 11 is 5.22. The maximum atomic E-state index is 12.8. The fraction of sp³-hybridized carbons (Fsp3) is 0.316. The highest BCUT2D eigenvalue weighted by molar-refractivity contribution is 7.71. The fourth-order valence-corrected chi connectivity index (χ4v) is 2.95. The molecule has 1 aromatic carbocycles. The van der Waals surface area contributed by atoms with Crippen molar-refractivity contribution in [3.8, 4) is 11.6 Å². The Labute approximate surface area is 163 Å². The number of ether oxygens (including phenoxy) is 2. The quantitative estimate of drug-likeness (QED) is 0.561. The van der Waals surface area contributed by atoms with Crippen molar-refractivity contribution in [2.45, 2.75) is 6.92 Å². The second-order valence-corrected chi connectivity index (χ2v) is 6.08. The molecular formula is C19H23N3O4S. The Kier molecular flexibility index (Phi) is 6.57. The molecule has 0 radical (unpaired) electrons. The molecule has 2 rings (SSSR count). The molecule has 0 spiro atoms. The van der Waals surface area contributed by atoms with Crippen LogP contribution in [0.15, 0.2) is 35.1 Å². The van der Waals surface area contributed by atoms with E-state index in [2.05, 4.69) is 0 Å². The second-order valence-electron chi connectivity index (χ2n) is 5.72. The van der Waals surface area contributed by atoms with Gasteiger partial charge in [-0.25, -0.2) is 0 Å². The average Bonchev–Trinajstić information content (AvgIpc) is 2.69. The van der Waals surface area contributed by atoms with Gasteiger partial charge >= 0.3 is 0 Å². The number of nitrogens with zero attached hydrogens (tertiary/aromatic N) is 3. The van der Waals surface area contributed by atoms with Crippen LogP contribution in [-0.4, -0.2) is 35.8 Å². The molecule has 0 aliphatic heterocycles. The van der Waals surface area contributed by atoms with Crippen molar-refractivity contribution in [2.24, 2.45) is 14.1 Å². The highest BCUT2D eigenvalue weighted by Crippen LogP contribution is 2.28. The van der Waals surface area contributed by atoms with E-state index >= 15 is 0 Å². The van der Waals surface area contributed by atoms with Gasteiger partial charge in [-0.05, 0) is 37.4 Å². The Bertz CT molecular complexity index is 991. The van der Waals surface area contributed by atoms with Crippen molar-refractivity contribution in [1.29, 1.82) is 0 Å². The number of hydrogen-bond acceptors (Lipinski definition) is 5. The van der Waals surface area contributed by atoms with Crippen LogP contribution in [0.25, 0.3) is 6.08 Å². The number of carbonyl (C=O) groups is 1. The van der Waals surface area contributed by atoms with E-state index in [1.54, 1.807) is 42.8 Å². The van der Waals surface area contributed by atoms with Crippen LogP contribution in [0.3, 0.4) is 0 Å². The summed E-state index contributed by atoms with van der Waals surface area (Å²) in [6, 6.07) is 7.26. The van der Waals surface area contributed by atoms with E-state index in [9.17, 15) is 9.59 Å². The number of methoxy groups -OCH3 is 2. The fourth-order valence-electron chi connectivity index (χ4n) is 2.78. The maximum Gasteiger partial charge on any atom is 0.265 e. The molecule has 27 heavy (non-hydrogen) atoms. The Morgan fingerprint density at radius 3 is 2.44 bits per heavy atom.